The van der Waals surface area contributed by atoms with Crippen molar-refractivity contribution in [1.29, 1.82) is 0 Å². The van der Waals surface area contributed by atoms with Gasteiger partial charge in [0.25, 0.3) is 0 Å². The summed E-state index contributed by atoms with van der Waals surface area (Å²) < 4.78 is 10.5. The second kappa shape index (κ2) is 8.48. The van der Waals surface area contributed by atoms with E-state index in [1.54, 1.807) is 26.2 Å². The highest BCUT2D eigenvalue weighted by molar-refractivity contribution is 9.10. The minimum absolute atomic E-state index is 0.363. The van der Waals surface area contributed by atoms with Crippen molar-refractivity contribution in [1.82, 2.24) is 5.32 Å². The van der Waals surface area contributed by atoms with E-state index in [2.05, 4.69) is 26.0 Å². The summed E-state index contributed by atoms with van der Waals surface area (Å²) in [6.07, 6.45) is 0.568. The van der Waals surface area contributed by atoms with Crippen LogP contribution in [0.4, 0.5) is 0 Å². The van der Waals surface area contributed by atoms with Crippen LogP contribution < -0.4 is 5.32 Å². The van der Waals surface area contributed by atoms with E-state index in [0.29, 0.717) is 31.7 Å². The van der Waals surface area contributed by atoms with E-state index in [0.717, 1.165) is 10.0 Å². The summed E-state index contributed by atoms with van der Waals surface area (Å²) in [5.74, 6) is -0.363. The Morgan fingerprint density at radius 2 is 2.14 bits per heavy atom. The first-order valence-electron chi connectivity index (χ1n) is 6.68. The monoisotopic (exact) mass is 359 g/mol. The van der Waals surface area contributed by atoms with Crippen LogP contribution in [0.3, 0.4) is 0 Å². The van der Waals surface area contributed by atoms with Crippen molar-refractivity contribution in [2.24, 2.45) is 0 Å². The maximum Gasteiger partial charge on any atom is 0.337 e. The Kier molecular flexibility index (Phi) is 7.31. The molecule has 0 saturated carbocycles. The summed E-state index contributed by atoms with van der Waals surface area (Å²) in [4.78, 5) is 11.4. The third-order valence-corrected chi connectivity index (χ3v) is 3.88. The summed E-state index contributed by atoms with van der Waals surface area (Å²) in [5, 5.41) is 13.3. The number of carbonyl (C=O) groups excluding carboxylic acids is 1. The molecule has 0 fully saturated rings. The van der Waals surface area contributed by atoms with Crippen molar-refractivity contribution in [3.8, 4) is 0 Å². The van der Waals surface area contributed by atoms with Crippen LogP contribution in [0.25, 0.3) is 0 Å². The normalized spacial score (nSPS) is 13.8. The quantitative estimate of drug-likeness (QED) is 0.695. The van der Waals surface area contributed by atoms with Crippen LogP contribution in [0.5, 0.6) is 0 Å². The number of methoxy groups -OCH3 is 2. The number of halogens is 1. The van der Waals surface area contributed by atoms with Gasteiger partial charge in [0.15, 0.2) is 0 Å². The molecule has 1 atom stereocenters. The molecule has 0 radical (unpaired) electrons. The first kappa shape index (κ1) is 18.1. The van der Waals surface area contributed by atoms with Crippen molar-refractivity contribution >= 4 is 21.9 Å². The Balaban J connectivity index is 2.54. The van der Waals surface area contributed by atoms with Gasteiger partial charge >= 0.3 is 5.97 Å². The number of ether oxygens (including phenoxy) is 2. The Morgan fingerprint density at radius 3 is 2.71 bits per heavy atom. The highest BCUT2D eigenvalue weighted by Gasteiger charge is 2.19. The lowest BCUT2D eigenvalue weighted by Crippen LogP contribution is -2.38. The van der Waals surface area contributed by atoms with Gasteiger partial charge in [-0.15, -0.1) is 0 Å². The third-order valence-electron chi connectivity index (χ3n) is 3.14. The number of carbonyl (C=O) groups is 1. The van der Waals surface area contributed by atoms with Crippen LogP contribution in [0.2, 0.25) is 0 Å². The molecule has 21 heavy (non-hydrogen) atoms. The van der Waals surface area contributed by atoms with Gasteiger partial charge in [-0.05, 0) is 24.6 Å². The number of esters is 1. The molecule has 0 amide bonds. The van der Waals surface area contributed by atoms with Gasteiger partial charge in [0.2, 0.25) is 0 Å². The van der Waals surface area contributed by atoms with Gasteiger partial charge in [0.1, 0.15) is 0 Å². The van der Waals surface area contributed by atoms with Crippen LogP contribution in [0.15, 0.2) is 22.7 Å². The lowest BCUT2D eigenvalue weighted by atomic mass is 10.0. The number of hydrogen-bond acceptors (Lipinski definition) is 5. The Labute approximate surface area is 133 Å². The zero-order chi connectivity index (χ0) is 15.9. The van der Waals surface area contributed by atoms with Crippen molar-refractivity contribution in [3.05, 3.63) is 33.8 Å². The van der Waals surface area contributed by atoms with E-state index < -0.39 is 5.60 Å². The van der Waals surface area contributed by atoms with Crippen molar-refractivity contribution < 1.29 is 19.4 Å². The molecule has 6 heteroatoms. The topological polar surface area (TPSA) is 67.8 Å². The Morgan fingerprint density at radius 1 is 1.43 bits per heavy atom. The van der Waals surface area contributed by atoms with Gasteiger partial charge in [-0.25, -0.2) is 4.79 Å². The second-order valence-electron chi connectivity index (χ2n) is 5.14. The molecule has 0 bridgehead atoms. The fourth-order valence-corrected chi connectivity index (χ4v) is 2.33. The highest BCUT2D eigenvalue weighted by atomic mass is 79.9. The molecule has 0 aromatic heterocycles. The largest absolute Gasteiger partial charge is 0.465 e. The molecule has 1 rings (SSSR count). The molecule has 1 aromatic carbocycles. The summed E-state index contributed by atoms with van der Waals surface area (Å²) >= 11 is 3.44. The number of rotatable bonds is 8. The van der Waals surface area contributed by atoms with E-state index in [1.807, 2.05) is 6.07 Å². The zero-order valence-electron chi connectivity index (χ0n) is 12.6. The predicted molar refractivity (Wildman–Crippen MR) is 84.3 cm³/mol. The molecule has 0 aliphatic carbocycles. The molecule has 0 spiro atoms. The summed E-state index contributed by atoms with van der Waals surface area (Å²) in [5.41, 5.74) is 0.694. The molecule has 1 unspecified atom stereocenters. The maximum absolute atomic E-state index is 11.4. The van der Waals surface area contributed by atoms with Crippen LogP contribution in [0.1, 0.15) is 29.3 Å². The molecule has 0 heterocycles. The molecule has 1 aromatic rings. The second-order valence-corrected chi connectivity index (χ2v) is 6.00. The van der Waals surface area contributed by atoms with Gasteiger partial charge in [0, 0.05) is 37.7 Å². The molecule has 0 saturated heterocycles. The predicted octanol–water partition coefficient (Wildman–Crippen LogP) is 2.11. The van der Waals surface area contributed by atoms with Crippen LogP contribution >= 0.6 is 15.9 Å². The average molecular weight is 360 g/mol. The molecule has 2 N–H and O–H groups in total. The van der Waals surface area contributed by atoms with E-state index in [-0.39, 0.29) is 5.97 Å². The zero-order valence-corrected chi connectivity index (χ0v) is 14.2. The maximum atomic E-state index is 11.4. The number of hydrogen-bond donors (Lipinski definition) is 2. The number of nitrogens with one attached hydrogen (secondary N) is 1. The van der Waals surface area contributed by atoms with Crippen molar-refractivity contribution in [2.75, 3.05) is 27.4 Å². The fraction of sp³-hybridized carbons (Fsp3) is 0.533. The highest BCUT2D eigenvalue weighted by Crippen LogP contribution is 2.19. The number of benzene rings is 1. The SMILES string of the molecule is COCCC(C)(O)CNCc1ccc(C(=O)OC)cc1Br. The minimum Gasteiger partial charge on any atom is -0.465 e. The smallest absolute Gasteiger partial charge is 0.337 e. The van der Waals surface area contributed by atoms with E-state index in [1.165, 1.54) is 7.11 Å². The Hall–Kier alpha value is -0.950. The molecule has 0 aliphatic rings. The van der Waals surface area contributed by atoms with E-state index in [9.17, 15) is 9.90 Å². The van der Waals surface area contributed by atoms with Crippen LogP contribution in [0, 0.1) is 0 Å². The third kappa shape index (κ3) is 6.13. The first-order chi connectivity index (χ1) is 9.89. The van der Waals surface area contributed by atoms with Crippen molar-refractivity contribution in [3.63, 3.8) is 0 Å². The van der Waals surface area contributed by atoms with Crippen molar-refractivity contribution in [2.45, 2.75) is 25.5 Å². The first-order valence-corrected chi connectivity index (χ1v) is 7.47. The van der Waals surface area contributed by atoms with Gasteiger partial charge < -0.3 is 19.9 Å². The molecular weight excluding hydrogens is 338 g/mol. The fourth-order valence-electron chi connectivity index (χ4n) is 1.81. The summed E-state index contributed by atoms with van der Waals surface area (Å²) in [6.45, 7) is 3.34. The van der Waals surface area contributed by atoms with Gasteiger partial charge in [-0.1, -0.05) is 22.0 Å². The lowest BCUT2D eigenvalue weighted by molar-refractivity contribution is 0.0247. The Bertz CT molecular complexity index is 477. The van der Waals surface area contributed by atoms with E-state index in [4.69, 9.17) is 4.74 Å². The van der Waals surface area contributed by atoms with Crippen LogP contribution in [-0.4, -0.2) is 44.0 Å². The van der Waals surface area contributed by atoms with E-state index >= 15 is 0 Å². The van der Waals surface area contributed by atoms with Gasteiger partial charge in [-0.3, -0.25) is 0 Å². The van der Waals surface area contributed by atoms with Crippen LogP contribution in [-0.2, 0) is 16.0 Å². The molecule has 5 nitrogen and oxygen atoms in total. The average Bonchev–Trinajstić information content (AvgIpc) is 2.46. The minimum atomic E-state index is -0.811. The summed E-state index contributed by atoms with van der Waals surface area (Å²) in [6, 6.07) is 5.30. The standard InChI is InChI=1S/C15H22BrNO4/c1-15(19,6-7-20-2)10-17-9-12-5-4-11(8-13(12)16)14(18)21-3/h4-5,8,17,19H,6-7,9-10H2,1-3H3. The number of aliphatic hydroxyl groups is 1. The molecule has 0 aliphatic heterocycles. The molecular formula is C15H22BrNO4. The van der Waals surface area contributed by atoms with Gasteiger partial charge in [-0.2, -0.15) is 0 Å². The summed E-state index contributed by atoms with van der Waals surface area (Å²) in [7, 11) is 2.97. The lowest BCUT2D eigenvalue weighted by Gasteiger charge is -2.23. The van der Waals surface area contributed by atoms with Gasteiger partial charge in [0.05, 0.1) is 18.3 Å². The molecule has 118 valence electrons.